The summed E-state index contributed by atoms with van der Waals surface area (Å²) in [5, 5.41) is 4.02. The van der Waals surface area contributed by atoms with E-state index < -0.39 is 0 Å². The number of hydrogen-bond donors (Lipinski definition) is 1. The largest absolute Gasteiger partial charge is 0.379 e. The molecule has 0 aliphatic heterocycles. The summed E-state index contributed by atoms with van der Waals surface area (Å²) in [5.74, 6) is 3.04. The Morgan fingerprint density at radius 3 is 1.95 bits per heavy atom. The minimum absolute atomic E-state index is 0.432. The van der Waals surface area contributed by atoms with Crippen molar-refractivity contribution in [2.24, 2.45) is 17.8 Å². The molecule has 0 saturated heterocycles. The van der Waals surface area contributed by atoms with Crippen molar-refractivity contribution in [1.29, 1.82) is 0 Å². The molecular formula is C19H27N. The fourth-order valence-corrected chi connectivity index (χ4v) is 5.64. The van der Waals surface area contributed by atoms with Crippen molar-refractivity contribution in [3.05, 3.63) is 28.8 Å². The van der Waals surface area contributed by atoms with Gasteiger partial charge in [0, 0.05) is 11.2 Å². The van der Waals surface area contributed by atoms with Crippen LogP contribution in [0.2, 0.25) is 0 Å². The predicted octanol–water partition coefficient (Wildman–Crippen LogP) is 4.99. The second-order valence-corrected chi connectivity index (χ2v) is 8.00. The van der Waals surface area contributed by atoms with Gasteiger partial charge in [0.1, 0.15) is 0 Å². The zero-order valence-corrected chi connectivity index (χ0v) is 13.1. The molecule has 108 valence electrons. The van der Waals surface area contributed by atoms with Crippen LogP contribution in [0.5, 0.6) is 0 Å². The summed E-state index contributed by atoms with van der Waals surface area (Å²) < 4.78 is 0. The van der Waals surface area contributed by atoms with Crippen molar-refractivity contribution in [2.75, 3.05) is 5.32 Å². The number of hydrogen-bond acceptors (Lipinski definition) is 1. The average Bonchev–Trinajstić information content (AvgIpc) is 2.38. The zero-order chi connectivity index (χ0) is 13.9. The van der Waals surface area contributed by atoms with Gasteiger partial charge < -0.3 is 5.32 Å². The summed E-state index contributed by atoms with van der Waals surface area (Å²) in [6, 6.07) is 4.60. The predicted molar refractivity (Wildman–Crippen MR) is 85.2 cm³/mol. The third-order valence-corrected chi connectivity index (χ3v) is 6.50. The van der Waals surface area contributed by atoms with E-state index in [4.69, 9.17) is 0 Å². The normalized spacial score (nSPS) is 38.2. The van der Waals surface area contributed by atoms with Crippen LogP contribution in [-0.2, 0) is 0 Å². The van der Waals surface area contributed by atoms with E-state index in [1.54, 1.807) is 0 Å². The molecule has 0 amide bonds. The Bertz CT molecular complexity index is 508. The molecule has 1 N–H and O–H groups in total. The van der Waals surface area contributed by atoms with Gasteiger partial charge >= 0.3 is 0 Å². The van der Waals surface area contributed by atoms with E-state index in [0.29, 0.717) is 5.54 Å². The molecular weight excluding hydrogens is 242 g/mol. The number of rotatable bonds is 2. The van der Waals surface area contributed by atoms with Crippen molar-refractivity contribution in [2.45, 2.75) is 64.8 Å². The maximum atomic E-state index is 4.02. The smallest absolute Gasteiger partial charge is 0.0381 e. The summed E-state index contributed by atoms with van der Waals surface area (Å²) in [6.07, 6.45) is 8.83. The van der Waals surface area contributed by atoms with Crippen LogP contribution < -0.4 is 5.32 Å². The van der Waals surface area contributed by atoms with Crippen LogP contribution in [0.3, 0.4) is 0 Å². The Kier molecular flexibility index (Phi) is 2.71. The fraction of sp³-hybridized carbons (Fsp3) is 0.684. The highest BCUT2D eigenvalue weighted by Crippen LogP contribution is 2.56. The molecule has 1 nitrogen and oxygen atoms in total. The highest BCUT2D eigenvalue weighted by atomic mass is 15.0. The maximum Gasteiger partial charge on any atom is 0.0381 e. The molecule has 0 unspecified atom stereocenters. The molecule has 0 radical (unpaired) electrons. The average molecular weight is 269 g/mol. The molecule has 4 bridgehead atoms. The first-order chi connectivity index (χ1) is 9.55. The van der Waals surface area contributed by atoms with Gasteiger partial charge in [0.15, 0.2) is 0 Å². The maximum absolute atomic E-state index is 4.02. The minimum atomic E-state index is 0.432. The molecule has 0 aromatic heterocycles. The van der Waals surface area contributed by atoms with E-state index >= 15 is 0 Å². The van der Waals surface area contributed by atoms with Crippen molar-refractivity contribution >= 4 is 5.69 Å². The fourth-order valence-electron chi connectivity index (χ4n) is 5.64. The van der Waals surface area contributed by atoms with E-state index in [2.05, 4.69) is 38.2 Å². The van der Waals surface area contributed by atoms with Crippen molar-refractivity contribution in [3.63, 3.8) is 0 Å². The minimum Gasteiger partial charge on any atom is -0.379 e. The second-order valence-electron chi connectivity index (χ2n) is 8.00. The highest BCUT2D eigenvalue weighted by Gasteiger charge is 2.50. The van der Waals surface area contributed by atoms with Crippen molar-refractivity contribution in [3.8, 4) is 0 Å². The van der Waals surface area contributed by atoms with Crippen molar-refractivity contribution < 1.29 is 0 Å². The van der Waals surface area contributed by atoms with Crippen LogP contribution in [0.4, 0.5) is 5.69 Å². The number of nitrogens with one attached hydrogen (secondary N) is 1. The second kappa shape index (κ2) is 4.26. The van der Waals surface area contributed by atoms with Crippen LogP contribution in [0.1, 0.15) is 55.2 Å². The molecule has 1 heteroatoms. The first-order valence-corrected chi connectivity index (χ1v) is 8.40. The molecule has 4 saturated carbocycles. The van der Waals surface area contributed by atoms with Crippen LogP contribution in [0.15, 0.2) is 12.1 Å². The van der Waals surface area contributed by atoms with Gasteiger partial charge in [-0.25, -0.2) is 0 Å². The monoisotopic (exact) mass is 269 g/mol. The quantitative estimate of drug-likeness (QED) is 0.797. The first-order valence-electron chi connectivity index (χ1n) is 8.40. The van der Waals surface area contributed by atoms with Crippen LogP contribution in [0, 0.1) is 38.5 Å². The summed E-state index contributed by atoms with van der Waals surface area (Å²) >= 11 is 0. The van der Waals surface area contributed by atoms with E-state index in [0.717, 1.165) is 17.8 Å². The topological polar surface area (TPSA) is 12.0 Å². The zero-order valence-electron chi connectivity index (χ0n) is 13.1. The van der Waals surface area contributed by atoms with Gasteiger partial charge in [-0.3, -0.25) is 0 Å². The molecule has 0 heterocycles. The molecule has 4 aliphatic carbocycles. The van der Waals surface area contributed by atoms with Gasteiger partial charge in [-0.1, -0.05) is 6.07 Å². The summed E-state index contributed by atoms with van der Waals surface area (Å²) in [5.41, 5.74) is 6.16. The van der Waals surface area contributed by atoms with Gasteiger partial charge in [-0.05, 0) is 99.8 Å². The van der Waals surface area contributed by atoms with Crippen LogP contribution >= 0.6 is 0 Å². The molecule has 4 fully saturated rings. The Balaban J connectivity index is 1.64. The number of anilines is 1. The lowest BCUT2D eigenvalue weighted by Crippen LogP contribution is -2.54. The van der Waals surface area contributed by atoms with Crippen LogP contribution in [-0.4, -0.2) is 5.54 Å². The third kappa shape index (κ3) is 1.89. The standard InChI is InChI=1S/C19H27N/c1-12-4-5-18(14(3)13(12)2)20-19-9-15-6-16(10-19)8-17(7-15)11-19/h4-5,15-17,20H,6-11H2,1-3H3. The van der Waals surface area contributed by atoms with Gasteiger partial charge in [0.2, 0.25) is 0 Å². The Morgan fingerprint density at radius 1 is 0.850 bits per heavy atom. The molecule has 20 heavy (non-hydrogen) atoms. The van der Waals surface area contributed by atoms with E-state index in [1.165, 1.54) is 60.9 Å². The lowest BCUT2D eigenvalue weighted by molar-refractivity contribution is 0.0107. The lowest BCUT2D eigenvalue weighted by Gasteiger charge is -2.57. The number of aryl methyl sites for hydroxylation is 1. The third-order valence-electron chi connectivity index (χ3n) is 6.50. The summed E-state index contributed by atoms with van der Waals surface area (Å²) in [6.45, 7) is 6.76. The highest BCUT2D eigenvalue weighted by molar-refractivity contribution is 5.57. The van der Waals surface area contributed by atoms with Gasteiger partial charge in [0.05, 0.1) is 0 Å². The van der Waals surface area contributed by atoms with Gasteiger partial charge in [-0.2, -0.15) is 0 Å². The van der Waals surface area contributed by atoms with Gasteiger partial charge in [-0.15, -0.1) is 0 Å². The molecule has 5 rings (SSSR count). The molecule has 0 atom stereocenters. The SMILES string of the molecule is Cc1ccc(NC23CC4CC(CC(C4)C2)C3)c(C)c1C. The molecule has 1 aromatic carbocycles. The van der Waals surface area contributed by atoms with E-state index in [1.807, 2.05) is 0 Å². The summed E-state index contributed by atoms with van der Waals surface area (Å²) in [4.78, 5) is 0. The van der Waals surface area contributed by atoms with E-state index in [-0.39, 0.29) is 0 Å². The Labute approximate surface area is 123 Å². The van der Waals surface area contributed by atoms with Crippen molar-refractivity contribution in [1.82, 2.24) is 0 Å². The summed E-state index contributed by atoms with van der Waals surface area (Å²) in [7, 11) is 0. The first kappa shape index (κ1) is 12.7. The number of benzene rings is 1. The van der Waals surface area contributed by atoms with Crippen LogP contribution in [0.25, 0.3) is 0 Å². The van der Waals surface area contributed by atoms with E-state index in [9.17, 15) is 0 Å². The molecule has 1 aromatic rings. The Hall–Kier alpha value is -0.980. The molecule has 4 aliphatic rings. The Morgan fingerprint density at radius 2 is 1.40 bits per heavy atom. The molecule has 0 spiro atoms. The van der Waals surface area contributed by atoms with Gasteiger partial charge in [0.25, 0.3) is 0 Å². The lowest BCUT2D eigenvalue weighted by atomic mass is 9.53.